The molecular weight excluding hydrogens is 320 g/mol. The minimum Gasteiger partial charge on any atom is -0.338 e. The van der Waals surface area contributed by atoms with Crippen LogP contribution in [-0.2, 0) is 15.6 Å². The Balaban J connectivity index is 1.59. The Hall–Kier alpha value is -1.20. The molecule has 0 saturated carbocycles. The summed E-state index contributed by atoms with van der Waals surface area (Å²) in [5, 5.41) is 0. The van der Waals surface area contributed by atoms with Gasteiger partial charge in [-0.3, -0.25) is 13.9 Å². The van der Waals surface area contributed by atoms with Crippen LogP contribution in [0.4, 0.5) is 0 Å². The minimum absolute atomic E-state index is 0.289. The Morgan fingerprint density at radius 2 is 1.83 bits per heavy atom. The van der Waals surface area contributed by atoms with E-state index in [2.05, 4.69) is 9.80 Å². The van der Waals surface area contributed by atoms with Crippen LogP contribution >= 0.6 is 0 Å². The summed E-state index contributed by atoms with van der Waals surface area (Å²) in [6.45, 7) is 4.79. The fraction of sp³-hybridized carbons (Fsp3) is 0.632. The number of nitrogens with zero attached hydrogens (tertiary/aromatic N) is 2. The van der Waals surface area contributed by atoms with Gasteiger partial charge in [-0.2, -0.15) is 0 Å². The summed E-state index contributed by atoms with van der Waals surface area (Å²) in [6, 6.07) is 10.5. The highest BCUT2D eigenvalue weighted by Crippen LogP contribution is 2.30. The van der Waals surface area contributed by atoms with Crippen LogP contribution in [0.25, 0.3) is 0 Å². The number of hydrogen-bond donors (Lipinski definition) is 0. The van der Waals surface area contributed by atoms with Crippen molar-refractivity contribution in [1.82, 2.24) is 9.80 Å². The lowest BCUT2D eigenvalue weighted by Crippen LogP contribution is -2.48. The van der Waals surface area contributed by atoms with Crippen molar-refractivity contribution in [2.45, 2.75) is 56.0 Å². The molecule has 24 heavy (non-hydrogen) atoms. The van der Waals surface area contributed by atoms with Crippen LogP contribution in [0.15, 0.2) is 35.2 Å². The Kier molecular flexibility index (Phi) is 6.06. The highest BCUT2D eigenvalue weighted by Gasteiger charge is 2.39. The molecule has 3 atom stereocenters. The summed E-state index contributed by atoms with van der Waals surface area (Å²) >= 11 is 0. The summed E-state index contributed by atoms with van der Waals surface area (Å²) in [4.78, 5) is 17.7. The predicted octanol–water partition coefficient (Wildman–Crippen LogP) is 2.66. The number of benzene rings is 1. The van der Waals surface area contributed by atoms with Crippen molar-refractivity contribution in [3.63, 3.8) is 0 Å². The van der Waals surface area contributed by atoms with Gasteiger partial charge in [0.05, 0.1) is 10.8 Å². The summed E-state index contributed by atoms with van der Waals surface area (Å²) in [5.74, 6) is 0.965. The molecule has 2 heterocycles. The smallest absolute Gasteiger partial charge is 0.222 e. The lowest BCUT2D eigenvalue weighted by Gasteiger charge is -2.35. The number of amides is 1. The maximum atomic E-state index is 12.5. The van der Waals surface area contributed by atoms with Crippen LogP contribution in [0.3, 0.4) is 0 Å². The van der Waals surface area contributed by atoms with Crippen LogP contribution < -0.4 is 0 Å². The zero-order valence-corrected chi connectivity index (χ0v) is 15.3. The molecule has 0 N–H and O–H groups in total. The molecule has 1 aromatic rings. The maximum Gasteiger partial charge on any atom is 0.222 e. The van der Waals surface area contributed by atoms with E-state index < -0.39 is 10.8 Å². The number of carbonyl (C=O) groups excluding carboxylic acids is 1. The molecular formula is C19H28N2O2S. The zero-order chi connectivity index (χ0) is 16.9. The normalized spacial score (nSPS) is 26.0. The van der Waals surface area contributed by atoms with E-state index in [4.69, 9.17) is 0 Å². The van der Waals surface area contributed by atoms with E-state index in [0.717, 1.165) is 43.8 Å². The Morgan fingerprint density at radius 3 is 2.58 bits per heavy atom. The Bertz CT molecular complexity index is 578. The van der Waals surface area contributed by atoms with E-state index in [0.29, 0.717) is 24.3 Å². The second-order valence-electron chi connectivity index (χ2n) is 6.76. The van der Waals surface area contributed by atoms with Crippen LogP contribution in [0.1, 0.15) is 39.0 Å². The minimum atomic E-state index is -0.937. The lowest BCUT2D eigenvalue weighted by molar-refractivity contribution is -0.132. The number of rotatable bonds is 6. The molecule has 3 rings (SSSR count). The fourth-order valence-electron chi connectivity index (χ4n) is 4.16. The van der Waals surface area contributed by atoms with Gasteiger partial charge in [-0.15, -0.1) is 0 Å². The highest BCUT2D eigenvalue weighted by molar-refractivity contribution is 7.85. The van der Waals surface area contributed by atoms with Crippen LogP contribution in [0, 0.1) is 0 Å². The summed E-state index contributed by atoms with van der Waals surface area (Å²) in [5.41, 5.74) is 0. The van der Waals surface area contributed by atoms with Gasteiger partial charge in [0.1, 0.15) is 0 Å². The van der Waals surface area contributed by atoms with Gasteiger partial charge in [-0.05, 0) is 44.4 Å². The average Bonchev–Trinajstić information content (AvgIpc) is 3.28. The molecule has 0 spiro atoms. The van der Waals surface area contributed by atoms with Crippen molar-refractivity contribution < 1.29 is 9.00 Å². The second kappa shape index (κ2) is 8.26. The monoisotopic (exact) mass is 348 g/mol. The third kappa shape index (κ3) is 3.89. The predicted molar refractivity (Wildman–Crippen MR) is 97.3 cm³/mol. The van der Waals surface area contributed by atoms with Crippen LogP contribution in [-0.4, -0.2) is 57.4 Å². The average molecular weight is 349 g/mol. The van der Waals surface area contributed by atoms with Gasteiger partial charge in [-0.1, -0.05) is 25.1 Å². The van der Waals surface area contributed by atoms with Gasteiger partial charge < -0.3 is 4.90 Å². The Morgan fingerprint density at radius 1 is 1.12 bits per heavy atom. The number of carbonyl (C=O) groups is 1. The second-order valence-corrected chi connectivity index (χ2v) is 8.33. The van der Waals surface area contributed by atoms with Crippen molar-refractivity contribution in [3.05, 3.63) is 30.3 Å². The fourth-order valence-corrected chi connectivity index (χ4v) is 5.26. The summed E-state index contributed by atoms with van der Waals surface area (Å²) in [6.07, 6.45) is 5.19. The molecule has 4 nitrogen and oxygen atoms in total. The first-order valence-electron chi connectivity index (χ1n) is 9.17. The first kappa shape index (κ1) is 17.6. The van der Waals surface area contributed by atoms with E-state index in [1.165, 1.54) is 6.42 Å². The highest BCUT2D eigenvalue weighted by atomic mass is 32.2. The molecule has 0 aliphatic carbocycles. The largest absolute Gasteiger partial charge is 0.338 e. The molecule has 2 aliphatic rings. The van der Waals surface area contributed by atoms with Gasteiger partial charge in [0.2, 0.25) is 5.91 Å². The van der Waals surface area contributed by atoms with Crippen molar-refractivity contribution in [2.75, 3.05) is 25.4 Å². The van der Waals surface area contributed by atoms with E-state index in [1.807, 2.05) is 37.3 Å². The number of likely N-dealkylation sites (tertiary alicyclic amines) is 2. The first-order chi connectivity index (χ1) is 11.7. The quantitative estimate of drug-likeness (QED) is 0.793. The molecule has 0 aromatic heterocycles. The van der Waals surface area contributed by atoms with Crippen LogP contribution in [0.2, 0.25) is 0 Å². The number of hydrogen-bond acceptors (Lipinski definition) is 3. The van der Waals surface area contributed by atoms with E-state index in [1.54, 1.807) is 0 Å². The van der Waals surface area contributed by atoms with Gasteiger partial charge in [0.25, 0.3) is 0 Å². The van der Waals surface area contributed by atoms with E-state index in [-0.39, 0.29) is 5.91 Å². The van der Waals surface area contributed by atoms with Crippen molar-refractivity contribution in [3.8, 4) is 0 Å². The SMILES string of the molecule is CCC(=O)N1CCCC1C1CCCN1CCS(=O)c1ccccc1. The molecule has 1 aromatic carbocycles. The molecule has 132 valence electrons. The molecule has 3 unspecified atom stereocenters. The lowest BCUT2D eigenvalue weighted by atomic mass is 10.0. The summed E-state index contributed by atoms with van der Waals surface area (Å²) < 4.78 is 12.5. The molecule has 2 fully saturated rings. The third-order valence-electron chi connectivity index (χ3n) is 5.35. The van der Waals surface area contributed by atoms with E-state index >= 15 is 0 Å². The third-order valence-corrected chi connectivity index (χ3v) is 6.70. The van der Waals surface area contributed by atoms with Gasteiger partial charge in [-0.25, -0.2) is 0 Å². The zero-order valence-electron chi connectivity index (χ0n) is 14.5. The molecule has 0 radical (unpaired) electrons. The topological polar surface area (TPSA) is 40.6 Å². The van der Waals surface area contributed by atoms with Gasteiger partial charge in [0, 0.05) is 42.2 Å². The molecule has 5 heteroatoms. The van der Waals surface area contributed by atoms with Crippen molar-refractivity contribution in [1.29, 1.82) is 0 Å². The van der Waals surface area contributed by atoms with Crippen molar-refractivity contribution in [2.24, 2.45) is 0 Å². The maximum absolute atomic E-state index is 12.5. The van der Waals surface area contributed by atoms with Crippen LogP contribution in [0.5, 0.6) is 0 Å². The van der Waals surface area contributed by atoms with Crippen molar-refractivity contribution >= 4 is 16.7 Å². The first-order valence-corrected chi connectivity index (χ1v) is 10.5. The Labute approximate surface area is 147 Å². The standard InChI is InChI=1S/C19H28N2O2S/c1-2-19(22)21-13-7-11-18(21)17-10-6-12-20(17)14-15-24(23)16-8-4-3-5-9-16/h3-5,8-9,17-18H,2,6-7,10-15H2,1H3. The van der Waals surface area contributed by atoms with Gasteiger partial charge >= 0.3 is 0 Å². The molecule has 0 bridgehead atoms. The van der Waals surface area contributed by atoms with E-state index in [9.17, 15) is 9.00 Å². The molecule has 1 amide bonds. The molecule has 2 aliphatic heterocycles. The molecule has 2 saturated heterocycles. The van der Waals surface area contributed by atoms with Gasteiger partial charge in [0.15, 0.2) is 0 Å². The summed E-state index contributed by atoms with van der Waals surface area (Å²) in [7, 11) is -0.937.